The second-order valence-electron chi connectivity index (χ2n) is 9.17. The van der Waals surface area contributed by atoms with Gasteiger partial charge in [-0.15, -0.1) is 0 Å². The van der Waals surface area contributed by atoms with Crippen LogP contribution in [0.15, 0.2) is 103 Å². The molecule has 34 heavy (non-hydrogen) atoms. The van der Waals surface area contributed by atoms with Gasteiger partial charge >= 0.3 is 5.97 Å². The zero-order valence-electron chi connectivity index (χ0n) is 19.2. The molecule has 5 aromatic carbocycles. The van der Waals surface area contributed by atoms with Crippen LogP contribution in [0.25, 0.3) is 21.5 Å². The summed E-state index contributed by atoms with van der Waals surface area (Å²) in [7, 11) is 0. The summed E-state index contributed by atoms with van der Waals surface area (Å²) < 4.78 is 5.52. The first-order valence-electron chi connectivity index (χ1n) is 11.9. The lowest BCUT2D eigenvalue weighted by molar-refractivity contribution is -0.141. The van der Waals surface area contributed by atoms with Gasteiger partial charge in [0.1, 0.15) is 6.61 Å². The normalized spacial score (nSPS) is 16.7. The van der Waals surface area contributed by atoms with Gasteiger partial charge in [0.2, 0.25) is 0 Å². The van der Waals surface area contributed by atoms with Gasteiger partial charge < -0.3 is 4.74 Å². The number of ether oxygens (including phenoxy) is 1. The molecule has 0 atom stereocenters. The molecule has 0 aliphatic heterocycles. The molecule has 2 heteroatoms. The van der Waals surface area contributed by atoms with E-state index in [1.165, 1.54) is 56.3 Å². The fourth-order valence-electron chi connectivity index (χ4n) is 5.76. The van der Waals surface area contributed by atoms with Crippen LogP contribution >= 0.6 is 0 Å². The van der Waals surface area contributed by atoms with Crippen LogP contribution < -0.4 is 0 Å². The molecule has 0 bridgehead atoms. The summed E-state index contributed by atoms with van der Waals surface area (Å²) in [6, 6.07) is 37.1. The number of esters is 1. The highest BCUT2D eigenvalue weighted by Gasteiger charge is 2.33. The fourth-order valence-corrected chi connectivity index (χ4v) is 5.76. The van der Waals surface area contributed by atoms with Gasteiger partial charge in [0, 0.05) is 18.8 Å². The van der Waals surface area contributed by atoms with Gasteiger partial charge in [0.05, 0.1) is 0 Å². The Balaban J connectivity index is 1.55. The van der Waals surface area contributed by atoms with Crippen molar-refractivity contribution in [2.24, 2.45) is 0 Å². The standard InChI is InChI=1S/C32H26O2/c1-21(33)34-20-32-28-16-8-6-14-26(28)31(27-15-7-9-17-29(27)32)19-30-24-12-4-2-10-22(24)18-23-11-3-5-13-25(23)30/h2-18,31-32H,19-20H2,1H3. The highest BCUT2D eigenvalue weighted by atomic mass is 16.5. The maximum Gasteiger partial charge on any atom is 0.302 e. The van der Waals surface area contributed by atoms with Gasteiger partial charge in [-0.05, 0) is 61.8 Å². The van der Waals surface area contributed by atoms with Crippen molar-refractivity contribution in [1.82, 2.24) is 0 Å². The Bertz CT molecular complexity index is 1430. The summed E-state index contributed by atoms with van der Waals surface area (Å²) in [5, 5.41) is 5.19. The van der Waals surface area contributed by atoms with Crippen molar-refractivity contribution in [2.75, 3.05) is 6.61 Å². The first-order chi connectivity index (χ1) is 16.7. The van der Waals surface area contributed by atoms with Crippen LogP contribution in [0.2, 0.25) is 0 Å². The van der Waals surface area contributed by atoms with E-state index in [2.05, 4.69) is 103 Å². The minimum absolute atomic E-state index is 0.0526. The number of rotatable bonds is 4. The molecule has 0 aromatic heterocycles. The molecule has 0 spiro atoms. The molecule has 2 nitrogen and oxygen atoms in total. The van der Waals surface area contributed by atoms with E-state index < -0.39 is 0 Å². The Hall–Kier alpha value is -3.91. The Kier molecular flexibility index (Phi) is 5.15. The van der Waals surface area contributed by atoms with E-state index in [9.17, 15) is 4.79 Å². The van der Waals surface area contributed by atoms with Crippen LogP contribution in [-0.4, -0.2) is 12.6 Å². The Labute approximate surface area is 199 Å². The van der Waals surface area contributed by atoms with Crippen LogP contribution in [0.3, 0.4) is 0 Å². The molecular formula is C32H26O2. The third-order valence-corrected chi connectivity index (χ3v) is 7.24. The SMILES string of the molecule is CC(=O)OCC1c2ccccc2C(Cc2c3ccccc3cc3ccccc23)c2ccccc21. The monoisotopic (exact) mass is 442 g/mol. The van der Waals surface area contributed by atoms with E-state index >= 15 is 0 Å². The number of hydrogen-bond acceptors (Lipinski definition) is 2. The molecule has 6 rings (SSSR count). The third kappa shape index (κ3) is 3.47. The molecule has 0 radical (unpaired) electrons. The van der Waals surface area contributed by atoms with Gasteiger partial charge in [-0.3, -0.25) is 4.79 Å². The minimum Gasteiger partial charge on any atom is -0.465 e. The Morgan fingerprint density at radius 2 is 1.09 bits per heavy atom. The van der Waals surface area contributed by atoms with E-state index in [0.717, 1.165) is 6.42 Å². The highest BCUT2D eigenvalue weighted by molar-refractivity contribution is 6.02. The maximum atomic E-state index is 11.6. The van der Waals surface area contributed by atoms with Gasteiger partial charge in [-0.25, -0.2) is 0 Å². The Morgan fingerprint density at radius 1 is 0.647 bits per heavy atom. The molecular weight excluding hydrogens is 416 g/mol. The fraction of sp³-hybridized carbons (Fsp3) is 0.156. The average molecular weight is 443 g/mol. The predicted molar refractivity (Wildman–Crippen MR) is 138 cm³/mol. The number of carbonyl (C=O) groups is 1. The predicted octanol–water partition coefficient (Wildman–Crippen LogP) is 7.38. The van der Waals surface area contributed by atoms with E-state index in [4.69, 9.17) is 4.74 Å². The second kappa shape index (κ2) is 8.46. The lowest BCUT2D eigenvalue weighted by atomic mass is 9.70. The van der Waals surface area contributed by atoms with Gasteiger partial charge in [-0.2, -0.15) is 0 Å². The summed E-state index contributed by atoms with van der Waals surface area (Å²) in [4.78, 5) is 11.6. The molecule has 1 aliphatic carbocycles. The van der Waals surface area contributed by atoms with Crippen LogP contribution in [0.5, 0.6) is 0 Å². The zero-order chi connectivity index (χ0) is 23.1. The molecule has 0 saturated heterocycles. The van der Waals surface area contributed by atoms with Crippen molar-refractivity contribution in [3.8, 4) is 0 Å². The summed E-state index contributed by atoms with van der Waals surface area (Å²) >= 11 is 0. The van der Waals surface area contributed by atoms with Crippen molar-refractivity contribution >= 4 is 27.5 Å². The minimum atomic E-state index is -0.237. The first kappa shape index (κ1) is 20.7. The zero-order valence-corrected chi connectivity index (χ0v) is 19.2. The topological polar surface area (TPSA) is 26.3 Å². The number of benzene rings is 5. The van der Waals surface area contributed by atoms with Crippen molar-refractivity contribution < 1.29 is 9.53 Å². The molecule has 0 N–H and O–H groups in total. The maximum absolute atomic E-state index is 11.6. The van der Waals surface area contributed by atoms with Crippen molar-refractivity contribution in [3.05, 3.63) is 131 Å². The van der Waals surface area contributed by atoms with Gasteiger partial charge in [-0.1, -0.05) is 97.1 Å². The van der Waals surface area contributed by atoms with E-state index in [-0.39, 0.29) is 17.8 Å². The highest BCUT2D eigenvalue weighted by Crippen LogP contribution is 2.46. The molecule has 0 unspecified atom stereocenters. The van der Waals surface area contributed by atoms with E-state index in [1.54, 1.807) is 0 Å². The quantitative estimate of drug-likeness (QED) is 0.214. The third-order valence-electron chi connectivity index (χ3n) is 7.24. The largest absolute Gasteiger partial charge is 0.465 e. The summed E-state index contributed by atoms with van der Waals surface area (Å²) in [6.07, 6.45) is 0.913. The molecule has 0 saturated carbocycles. The summed E-state index contributed by atoms with van der Waals surface area (Å²) in [5.41, 5.74) is 6.57. The molecule has 0 fully saturated rings. The van der Waals surface area contributed by atoms with Crippen molar-refractivity contribution in [3.63, 3.8) is 0 Å². The van der Waals surface area contributed by atoms with Crippen LogP contribution in [0.4, 0.5) is 0 Å². The molecule has 0 amide bonds. The molecule has 1 aliphatic rings. The second-order valence-corrected chi connectivity index (χ2v) is 9.17. The first-order valence-corrected chi connectivity index (χ1v) is 11.9. The van der Waals surface area contributed by atoms with Crippen molar-refractivity contribution in [1.29, 1.82) is 0 Å². The lowest BCUT2D eigenvalue weighted by Gasteiger charge is -2.34. The van der Waals surface area contributed by atoms with Crippen molar-refractivity contribution in [2.45, 2.75) is 25.2 Å². The average Bonchev–Trinajstić information content (AvgIpc) is 2.87. The van der Waals surface area contributed by atoms with Gasteiger partial charge in [0.15, 0.2) is 0 Å². The number of carbonyl (C=O) groups excluding carboxylic acids is 1. The molecule has 166 valence electrons. The summed E-state index contributed by atoms with van der Waals surface area (Å²) in [5.74, 6) is 0.0475. The molecule has 5 aromatic rings. The van der Waals surface area contributed by atoms with E-state index in [1.807, 2.05) is 0 Å². The van der Waals surface area contributed by atoms with Crippen LogP contribution in [-0.2, 0) is 16.0 Å². The van der Waals surface area contributed by atoms with Gasteiger partial charge in [0.25, 0.3) is 0 Å². The summed E-state index contributed by atoms with van der Waals surface area (Å²) in [6.45, 7) is 1.85. The lowest BCUT2D eigenvalue weighted by Crippen LogP contribution is -2.23. The molecule has 0 heterocycles. The van der Waals surface area contributed by atoms with E-state index in [0.29, 0.717) is 6.61 Å². The smallest absolute Gasteiger partial charge is 0.302 e. The van der Waals surface area contributed by atoms with Crippen LogP contribution in [0.1, 0.15) is 46.6 Å². The Morgan fingerprint density at radius 3 is 1.59 bits per heavy atom. The van der Waals surface area contributed by atoms with Crippen LogP contribution in [0, 0.1) is 0 Å². The number of hydrogen-bond donors (Lipinski definition) is 0. The number of fused-ring (bicyclic) bond motifs is 4.